The van der Waals surface area contributed by atoms with Gasteiger partial charge in [-0.3, -0.25) is 4.90 Å². The zero-order valence-electron chi connectivity index (χ0n) is 11.9. The number of hydrogen-bond donors (Lipinski definition) is 1. The highest BCUT2D eigenvalue weighted by Gasteiger charge is 2.20. The van der Waals surface area contributed by atoms with Gasteiger partial charge in [0.05, 0.1) is 38.0 Å². The molecule has 2 aromatic rings. The molecule has 0 saturated carbocycles. The second kappa shape index (κ2) is 6.84. The molecule has 7 heteroatoms. The molecular weight excluding hydrogens is 272 g/mol. The van der Waals surface area contributed by atoms with Crippen molar-refractivity contribution in [2.24, 2.45) is 0 Å². The van der Waals surface area contributed by atoms with E-state index in [0.717, 1.165) is 44.0 Å². The first-order valence-corrected chi connectivity index (χ1v) is 7.20. The number of hydrogen-bond acceptors (Lipinski definition) is 6. The number of ether oxygens (including phenoxy) is 1. The summed E-state index contributed by atoms with van der Waals surface area (Å²) in [6.07, 6.45) is 4.53. The average molecular weight is 292 g/mol. The van der Waals surface area contributed by atoms with Crippen molar-refractivity contribution in [2.45, 2.75) is 32.7 Å². The highest BCUT2D eigenvalue weighted by atomic mass is 16.5. The summed E-state index contributed by atoms with van der Waals surface area (Å²) >= 11 is 0. The first-order chi connectivity index (χ1) is 10.4. The Morgan fingerprint density at radius 3 is 3.14 bits per heavy atom. The molecule has 0 fully saturated rings. The predicted molar refractivity (Wildman–Crippen MR) is 74.2 cm³/mol. The highest BCUT2D eigenvalue weighted by Crippen LogP contribution is 2.17. The van der Waals surface area contributed by atoms with E-state index in [1.165, 1.54) is 5.56 Å². The fourth-order valence-corrected chi connectivity index (χ4v) is 2.58. The zero-order chi connectivity index (χ0) is 14.5. The monoisotopic (exact) mass is 292 g/mol. The summed E-state index contributed by atoms with van der Waals surface area (Å²) < 4.78 is 12.5. The van der Waals surface area contributed by atoms with E-state index >= 15 is 0 Å². The van der Waals surface area contributed by atoms with Gasteiger partial charge in [0, 0.05) is 31.7 Å². The first kappa shape index (κ1) is 14.2. The molecule has 2 aromatic heterocycles. The molecule has 3 heterocycles. The Kier molecular flexibility index (Phi) is 4.64. The summed E-state index contributed by atoms with van der Waals surface area (Å²) in [6.45, 7) is 4.31. The van der Waals surface area contributed by atoms with Crippen LogP contribution in [0.2, 0.25) is 0 Å². The molecule has 0 unspecified atom stereocenters. The quantitative estimate of drug-likeness (QED) is 0.793. The van der Waals surface area contributed by atoms with Crippen molar-refractivity contribution >= 4 is 0 Å². The Hall–Kier alpha value is -1.70. The maximum Gasteiger partial charge on any atom is 0.113 e. The summed E-state index contributed by atoms with van der Waals surface area (Å²) in [5, 5.41) is 17.2. The van der Waals surface area contributed by atoms with E-state index in [0.29, 0.717) is 13.2 Å². The number of aliphatic hydroxyl groups is 1. The number of aryl methyl sites for hydroxylation is 1. The van der Waals surface area contributed by atoms with Gasteiger partial charge in [0.2, 0.25) is 0 Å². The van der Waals surface area contributed by atoms with Crippen LogP contribution in [0.15, 0.2) is 23.0 Å². The normalized spacial score (nSPS) is 15.9. The number of rotatable bonds is 6. The number of nitrogens with zero attached hydrogens (tertiary/aromatic N) is 4. The van der Waals surface area contributed by atoms with Crippen LogP contribution in [0.25, 0.3) is 0 Å². The first-order valence-electron chi connectivity index (χ1n) is 7.20. The third-order valence-corrected chi connectivity index (χ3v) is 3.60. The molecule has 0 aromatic carbocycles. The van der Waals surface area contributed by atoms with E-state index in [1.54, 1.807) is 12.5 Å². The van der Waals surface area contributed by atoms with Gasteiger partial charge >= 0.3 is 0 Å². The van der Waals surface area contributed by atoms with Crippen LogP contribution in [-0.2, 0) is 31.0 Å². The van der Waals surface area contributed by atoms with E-state index in [9.17, 15) is 0 Å². The molecule has 1 aliphatic rings. The van der Waals surface area contributed by atoms with Crippen molar-refractivity contribution in [3.05, 3.63) is 35.5 Å². The topological polar surface area (TPSA) is 76.6 Å². The minimum absolute atomic E-state index is 0.0239. The van der Waals surface area contributed by atoms with E-state index in [4.69, 9.17) is 14.3 Å². The maximum absolute atomic E-state index is 8.78. The zero-order valence-corrected chi connectivity index (χ0v) is 11.9. The standard InChI is InChI=1S/C14H20N4O3/c19-5-7-21-11-13-14-9-17(8-12-2-6-20-10-12)3-1-4-18(14)16-15-13/h2,6,10,19H,1,3-5,7-9,11H2. The average Bonchev–Trinajstić information content (AvgIpc) is 3.06. The highest BCUT2D eigenvalue weighted by molar-refractivity contribution is 5.11. The minimum Gasteiger partial charge on any atom is -0.472 e. The van der Waals surface area contributed by atoms with Crippen LogP contribution in [0, 0.1) is 0 Å². The smallest absolute Gasteiger partial charge is 0.113 e. The lowest BCUT2D eigenvalue weighted by Gasteiger charge is -2.18. The lowest BCUT2D eigenvalue weighted by Crippen LogP contribution is -2.23. The predicted octanol–water partition coefficient (Wildman–Crippen LogP) is 0.786. The van der Waals surface area contributed by atoms with Crippen molar-refractivity contribution < 1.29 is 14.3 Å². The number of furan rings is 1. The second-order valence-electron chi connectivity index (χ2n) is 5.18. The summed E-state index contributed by atoms with van der Waals surface area (Å²) in [5.74, 6) is 0. The van der Waals surface area contributed by atoms with Crippen LogP contribution in [0.4, 0.5) is 0 Å². The Balaban J connectivity index is 1.69. The fraction of sp³-hybridized carbons (Fsp3) is 0.571. The molecular formula is C14H20N4O3. The molecule has 0 saturated heterocycles. The molecule has 0 bridgehead atoms. The molecule has 3 rings (SSSR count). The van der Waals surface area contributed by atoms with Crippen molar-refractivity contribution in [1.82, 2.24) is 19.9 Å². The van der Waals surface area contributed by atoms with Gasteiger partial charge in [0.25, 0.3) is 0 Å². The lowest BCUT2D eigenvalue weighted by molar-refractivity contribution is 0.0788. The number of aromatic nitrogens is 3. The van der Waals surface area contributed by atoms with Gasteiger partial charge in [-0.1, -0.05) is 5.21 Å². The largest absolute Gasteiger partial charge is 0.472 e. The number of aliphatic hydroxyl groups excluding tert-OH is 1. The number of fused-ring (bicyclic) bond motifs is 1. The van der Waals surface area contributed by atoms with E-state index in [-0.39, 0.29) is 6.61 Å². The Morgan fingerprint density at radius 1 is 1.38 bits per heavy atom. The molecule has 1 N–H and O–H groups in total. The van der Waals surface area contributed by atoms with Gasteiger partial charge in [0.15, 0.2) is 0 Å². The Morgan fingerprint density at radius 2 is 2.33 bits per heavy atom. The molecule has 114 valence electrons. The molecule has 0 aliphatic carbocycles. The van der Waals surface area contributed by atoms with Gasteiger partial charge in [-0.25, -0.2) is 4.68 Å². The van der Waals surface area contributed by atoms with Crippen LogP contribution >= 0.6 is 0 Å². The molecule has 21 heavy (non-hydrogen) atoms. The van der Waals surface area contributed by atoms with Crippen molar-refractivity contribution in [1.29, 1.82) is 0 Å². The van der Waals surface area contributed by atoms with Crippen LogP contribution in [0.3, 0.4) is 0 Å². The van der Waals surface area contributed by atoms with Gasteiger partial charge < -0.3 is 14.3 Å². The van der Waals surface area contributed by atoms with Crippen LogP contribution in [0.5, 0.6) is 0 Å². The fourth-order valence-electron chi connectivity index (χ4n) is 2.58. The summed E-state index contributed by atoms with van der Waals surface area (Å²) in [6, 6.07) is 1.99. The van der Waals surface area contributed by atoms with Gasteiger partial charge in [-0.05, 0) is 12.5 Å². The van der Waals surface area contributed by atoms with E-state index in [2.05, 4.69) is 15.2 Å². The van der Waals surface area contributed by atoms with Crippen molar-refractivity contribution in [2.75, 3.05) is 19.8 Å². The third-order valence-electron chi connectivity index (χ3n) is 3.60. The van der Waals surface area contributed by atoms with Crippen LogP contribution < -0.4 is 0 Å². The van der Waals surface area contributed by atoms with Gasteiger partial charge in [0.1, 0.15) is 5.69 Å². The lowest BCUT2D eigenvalue weighted by atomic mass is 10.2. The van der Waals surface area contributed by atoms with Crippen LogP contribution in [0.1, 0.15) is 23.4 Å². The Bertz CT molecular complexity index is 553. The minimum atomic E-state index is 0.0239. The van der Waals surface area contributed by atoms with Crippen molar-refractivity contribution in [3.8, 4) is 0 Å². The molecule has 0 amide bonds. The maximum atomic E-state index is 8.78. The van der Waals surface area contributed by atoms with Gasteiger partial charge in [-0.15, -0.1) is 5.10 Å². The van der Waals surface area contributed by atoms with E-state index < -0.39 is 0 Å². The summed E-state index contributed by atoms with van der Waals surface area (Å²) in [4.78, 5) is 2.36. The summed E-state index contributed by atoms with van der Waals surface area (Å²) in [7, 11) is 0. The molecule has 0 spiro atoms. The Labute approximate surface area is 123 Å². The molecule has 7 nitrogen and oxygen atoms in total. The molecule has 1 aliphatic heterocycles. The summed E-state index contributed by atoms with van der Waals surface area (Å²) in [5.41, 5.74) is 3.14. The van der Waals surface area contributed by atoms with Crippen LogP contribution in [-0.4, -0.2) is 44.8 Å². The molecule has 0 atom stereocenters. The van der Waals surface area contributed by atoms with E-state index in [1.807, 2.05) is 10.7 Å². The van der Waals surface area contributed by atoms with Crippen molar-refractivity contribution in [3.63, 3.8) is 0 Å². The molecule has 0 radical (unpaired) electrons. The third kappa shape index (κ3) is 3.49. The SMILES string of the molecule is OCCOCc1nnn2c1CN(Cc1ccoc1)CCC2. The second-order valence-corrected chi connectivity index (χ2v) is 5.18. The van der Waals surface area contributed by atoms with Gasteiger partial charge in [-0.2, -0.15) is 0 Å².